The van der Waals surface area contributed by atoms with Crippen LogP contribution in [-0.2, 0) is 4.79 Å². The maximum atomic E-state index is 14.6. The van der Waals surface area contributed by atoms with Gasteiger partial charge in [-0.1, -0.05) is 17.7 Å². The van der Waals surface area contributed by atoms with E-state index < -0.39 is 36.9 Å². The van der Waals surface area contributed by atoms with E-state index in [1.807, 2.05) is 6.08 Å². The number of aliphatic hydroxyl groups is 3. The van der Waals surface area contributed by atoms with E-state index in [0.717, 1.165) is 37.8 Å². The van der Waals surface area contributed by atoms with Crippen LogP contribution in [0.1, 0.15) is 91.9 Å². The van der Waals surface area contributed by atoms with E-state index in [2.05, 4.69) is 31.7 Å². The first-order valence-electron chi connectivity index (χ1n) is 14.2. The molecule has 0 aromatic rings. The van der Waals surface area contributed by atoms with E-state index in [1.54, 1.807) is 13.0 Å². The fourth-order valence-corrected chi connectivity index (χ4v) is 6.89. The van der Waals surface area contributed by atoms with Gasteiger partial charge < -0.3 is 25.3 Å². The summed E-state index contributed by atoms with van der Waals surface area (Å²) in [6.45, 7) is 8.37. The topological polar surface area (TPSA) is 101 Å². The van der Waals surface area contributed by atoms with Crippen LogP contribution in [0.3, 0.4) is 0 Å². The standard InChI is InChI=1S/C30H48FNO5/c1-18(2)32-27-13-6-19(3)5-11-26(27)30(25-12-9-22(31)15-21(25)8-7-20(4)33)28(32)14-10-23(34)16-24(35)17-29(36)37/h5,10,14,18,20-27,33-35H,6-9,11-13,15-17H2,1-4H3,(H,36,37)/b14-10+/t20?,21?,22?,23-,24-,25?,26?,27?/m0/s1. The summed E-state index contributed by atoms with van der Waals surface area (Å²) in [4.78, 5) is 13.4. The maximum absolute atomic E-state index is 14.6. The lowest BCUT2D eigenvalue weighted by Gasteiger charge is -2.37. The van der Waals surface area contributed by atoms with Gasteiger partial charge >= 0.3 is 5.97 Å². The van der Waals surface area contributed by atoms with E-state index in [-0.39, 0.29) is 24.3 Å². The van der Waals surface area contributed by atoms with Crippen LogP contribution in [0.5, 0.6) is 0 Å². The molecule has 1 heterocycles. The summed E-state index contributed by atoms with van der Waals surface area (Å²) in [6.07, 6.45) is 8.66. The van der Waals surface area contributed by atoms with Crippen molar-refractivity contribution in [1.29, 1.82) is 0 Å². The monoisotopic (exact) mass is 521 g/mol. The molecular weight excluding hydrogens is 473 g/mol. The number of hydrogen-bond donors (Lipinski definition) is 4. The lowest BCUT2D eigenvalue weighted by Crippen LogP contribution is -2.38. The minimum atomic E-state index is -1.11. The third-order valence-electron chi connectivity index (χ3n) is 8.58. The summed E-state index contributed by atoms with van der Waals surface area (Å²) < 4.78 is 14.6. The molecule has 210 valence electrons. The van der Waals surface area contributed by atoms with Crippen molar-refractivity contribution in [3.63, 3.8) is 0 Å². The molecular formula is C30H48FNO5. The highest BCUT2D eigenvalue weighted by atomic mass is 19.1. The Labute approximate surface area is 222 Å². The number of fused-ring (bicyclic) bond motifs is 1. The Balaban J connectivity index is 2.00. The first-order valence-corrected chi connectivity index (χ1v) is 14.2. The van der Waals surface area contributed by atoms with E-state index in [4.69, 9.17) is 5.11 Å². The molecule has 1 saturated carbocycles. The van der Waals surface area contributed by atoms with Gasteiger partial charge in [-0.15, -0.1) is 0 Å². The predicted octanol–water partition coefficient (Wildman–Crippen LogP) is 5.14. The minimum Gasteiger partial charge on any atom is -0.481 e. The van der Waals surface area contributed by atoms with Crippen LogP contribution in [0, 0.1) is 17.8 Å². The molecule has 0 amide bonds. The molecule has 4 N–H and O–H groups in total. The molecule has 0 radical (unpaired) electrons. The zero-order valence-electron chi connectivity index (χ0n) is 23.0. The van der Waals surface area contributed by atoms with Gasteiger partial charge in [0, 0.05) is 30.1 Å². The Morgan fingerprint density at radius 2 is 1.89 bits per heavy atom. The van der Waals surface area contributed by atoms with Crippen LogP contribution in [0.15, 0.2) is 35.1 Å². The molecule has 0 aromatic heterocycles. The van der Waals surface area contributed by atoms with Gasteiger partial charge in [0.1, 0.15) is 6.17 Å². The van der Waals surface area contributed by atoms with Gasteiger partial charge in [0.15, 0.2) is 0 Å². The van der Waals surface area contributed by atoms with Gasteiger partial charge in [0.25, 0.3) is 0 Å². The molecule has 7 heteroatoms. The Morgan fingerprint density at radius 1 is 1.16 bits per heavy atom. The van der Waals surface area contributed by atoms with Crippen molar-refractivity contribution in [2.24, 2.45) is 17.8 Å². The quantitative estimate of drug-likeness (QED) is 0.281. The summed E-state index contributed by atoms with van der Waals surface area (Å²) in [5, 5.41) is 39.5. The Hall–Kier alpha value is -1.70. The largest absolute Gasteiger partial charge is 0.481 e. The average molecular weight is 522 g/mol. The molecule has 0 saturated heterocycles. The van der Waals surface area contributed by atoms with Crippen molar-refractivity contribution in [3.05, 3.63) is 35.1 Å². The molecule has 37 heavy (non-hydrogen) atoms. The van der Waals surface area contributed by atoms with Crippen molar-refractivity contribution in [2.45, 2.75) is 128 Å². The van der Waals surface area contributed by atoms with Crippen LogP contribution < -0.4 is 0 Å². The number of aliphatic carboxylic acids is 1. The highest BCUT2D eigenvalue weighted by Crippen LogP contribution is 2.51. The SMILES string of the molecule is CC1=CCC2C(C3CCC(F)CC3CCC(C)O)=C(/C=C/[C@H](O)C[C@H](O)CC(=O)O)N(C(C)C)C2CC1. The fourth-order valence-electron chi connectivity index (χ4n) is 6.89. The molecule has 0 spiro atoms. The zero-order valence-corrected chi connectivity index (χ0v) is 23.0. The Bertz CT molecular complexity index is 866. The third kappa shape index (κ3) is 7.90. The highest BCUT2D eigenvalue weighted by molar-refractivity contribution is 5.67. The summed E-state index contributed by atoms with van der Waals surface area (Å²) in [5.74, 6) is -0.376. The predicted molar refractivity (Wildman–Crippen MR) is 144 cm³/mol. The van der Waals surface area contributed by atoms with Crippen LogP contribution in [0.4, 0.5) is 4.39 Å². The summed E-state index contributed by atoms with van der Waals surface area (Å²) in [5.41, 5.74) is 3.88. The lowest BCUT2D eigenvalue weighted by atomic mass is 9.68. The molecule has 0 bridgehead atoms. The fraction of sp³-hybridized carbons (Fsp3) is 0.767. The molecule has 3 rings (SSSR count). The molecule has 6 nitrogen and oxygen atoms in total. The van der Waals surface area contributed by atoms with Gasteiger partial charge in [-0.3, -0.25) is 4.79 Å². The van der Waals surface area contributed by atoms with Crippen LogP contribution in [0.25, 0.3) is 0 Å². The number of rotatable bonds is 11. The number of aliphatic hydroxyl groups excluding tert-OH is 3. The molecule has 1 aliphatic heterocycles. The summed E-state index contributed by atoms with van der Waals surface area (Å²) in [7, 11) is 0. The van der Waals surface area contributed by atoms with Crippen molar-refractivity contribution < 1.29 is 29.6 Å². The van der Waals surface area contributed by atoms with Gasteiger partial charge in [-0.05, 0) is 103 Å². The highest BCUT2D eigenvalue weighted by Gasteiger charge is 2.46. The van der Waals surface area contributed by atoms with Gasteiger partial charge in [-0.2, -0.15) is 0 Å². The second-order valence-electron chi connectivity index (χ2n) is 12.0. The number of carbonyl (C=O) groups is 1. The van der Waals surface area contributed by atoms with Crippen molar-refractivity contribution in [1.82, 2.24) is 4.90 Å². The Kier molecular flexibility index (Phi) is 10.8. The lowest BCUT2D eigenvalue weighted by molar-refractivity contribution is -0.139. The summed E-state index contributed by atoms with van der Waals surface area (Å²) in [6, 6.07) is 0.574. The molecule has 3 aliphatic rings. The van der Waals surface area contributed by atoms with Crippen LogP contribution >= 0.6 is 0 Å². The average Bonchev–Trinajstić information content (AvgIpc) is 2.99. The number of nitrogens with zero attached hydrogens (tertiary/aromatic N) is 1. The van der Waals surface area contributed by atoms with E-state index in [9.17, 15) is 24.5 Å². The number of allylic oxidation sites excluding steroid dienone is 3. The first-order chi connectivity index (χ1) is 17.5. The normalized spacial score (nSPS) is 31.3. The maximum Gasteiger partial charge on any atom is 0.305 e. The smallest absolute Gasteiger partial charge is 0.305 e. The van der Waals surface area contributed by atoms with E-state index >= 15 is 0 Å². The van der Waals surface area contributed by atoms with Crippen molar-refractivity contribution >= 4 is 5.97 Å². The number of hydrogen-bond acceptors (Lipinski definition) is 5. The first kappa shape index (κ1) is 29.9. The third-order valence-corrected chi connectivity index (χ3v) is 8.58. The molecule has 1 fully saturated rings. The van der Waals surface area contributed by atoms with Crippen molar-refractivity contribution in [2.75, 3.05) is 0 Å². The second kappa shape index (κ2) is 13.4. The van der Waals surface area contributed by atoms with Gasteiger partial charge in [0.05, 0.1) is 24.7 Å². The number of alkyl halides is 1. The van der Waals surface area contributed by atoms with Crippen LogP contribution in [0.2, 0.25) is 0 Å². The number of carboxylic acid groups (broad SMARTS) is 1. The number of halogens is 1. The van der Waals surface area contributed by atoms with Gasteiger partial charge in [0.2, 0.25) is 0 Å². The summed E-state index contributed by atoms with van der Waals surface area (Å²) >= 11 is 0. The molecule has 0 aromatic carbocycles. The van der Waals surface area contributed by atoms with Gasteiger partial charge in [-0.25, -0.2) is 4.39 Å². The minimum absolute atomic E-state index is 0.0359. The molecule has 8 atom stereocenters. The molecule has 2 aliphatic carbocycles. The van der Waals surface area contributed by atoms with E-state index in [0.29, 0.717) is 31.2 Å². The molecule has 6 unspecified atom stereocenters. The zero-order chi connectivity index (χ0) is 27.3. The van der Waals surface area contributed by atoms with Crippen molar-refractivity contribution in [3.8, 4) is 0 Å². The second-order valence-corrected chi connectivity index (χ2v) is 12.0. The number of carboxylic acids is 1. The van der Waals surface area contributed by atoms with Crippen LogP contribution in [-0.4, -0.2) is 67.9 Å². The van der Waals surface area contributed by atoms with E-state index in [1.165, 1.54) is 11.1 Å². The Morgan fingerprint density at radius 3 is 2.54 bits per heavy atom.